The van der Waals surface area contributed by atoms with Crippen molar-refractivity contribution in [2.24, 2.45) is 0 Å². The fourth-order valence-corrected chi connectivity index (χ4v) is 4.68. The zero-order valence-corrected chi connectivity index (χ0v) is 18.0. The molecule has 2 aromatic carbocycles. The van der Waals surface area contributed by atoms with Crippen LogP contribution in [0.4, 0.5) is 14.9 Å². The summed E-state index contributed by atoms with van der Waals surface area (Å²) in [5, 5.41) is 4.07. The van der Waals surface area contributed by atoms with Crippen molar-refractivity contribution in [3.63, 3.8) is 0 Å². The Morgan fingerprint density at radius 3 is 2.58 bits per heavy atom. The van der Waals surface area contributed by atoms with Crippen molar-refractivity contribution in [2.45, 2.75) is 31.7 Å². The molecule has 1 saturated heterocycles. The summed E-state index contributed by atoms with van der Waals surface area (Å²) in [5.74, 6) is -1.10. The van der Waals surface area contributed by atoms with Gasteiger partial charge in [0.2, 0.25) is 5.91 Å². The number of urea groups is 1. The highest BCUT2D eigenvalue weighted by Crippen LogP contribution is 2.36. The zero-order chi connectivity index (χ0) is 22.1. The molecular weight excluding hydrogens is 417 g/mol. The van der Waals surface area contributed by atoms with Gasteiger partial charge < -0.3 is 10.2 Å². The van der Waals surface area contributed by atoms with E-state index in [0.717, 1.165) is 16.0 Å². The van der Waals surface area contributed by atoms with Crippen molar-refractivity contribution >= 4 is 35.3 Å². The lowest BCUT2D eigenvalue weighted by Gasteiger charge is -2.40. The fourth-order valence-electron chi connectivity index (χ4n) is 3.64. The van der Waals surface area contributed by atoms with Crippen LogP contribution in [0.15, 0.2) is 53.9 Å². The van der Waals surface area contributed by atoms with Crippen LogP contribution >= 0.6 is 11.8 Å². The van der Waals surface area contributed by atoms with Crippen LogP contribution in [-0.2, 0) is 16.1 Å². The van der Waals surface area contributed by atoms with Crippen LogP contribution in [-0.4, -0.2) is 40.6 Å². The number of hydrogen-bond donors (Lipinski definition) is 1. The van der Waals surface area contributed by atoms with Gasteiger partial charge in [-0.15, -0.1) is 11.8 Å². The lowest BCUT2D eigenvalue weighted by molar-refractivity contribution is -0.124. The molecule has 2 atom stereocenters. The Labute approximate surface area is 184 Å². The van der Waals surface area contributed by atoms with E-state index in [-0.39, 0.29) is 18.4 Å². The van der Waals surface area contributed by atoms with E-state index in [9.17, 15) is 18.8 Å². The number of amides is 4. The van der Waals surface area contributed by atoms with Gasteiger partial charge in [0.15, 0.2) is 0 Å². The van der Waals surface area contributed by atoms with Crippen molar-refractivity contribution in [3.8, 4) is 0 Å². The summed E-state index contributed by atoms with van der Waals surface area (Å²) < 4.78 is 13.7. The minimum absolute atomic E-state index is 0.180. The molecule has 160 valence electrons. The quantitative estimate of drug-likeness (QED) is 0.774. The fraction of sp³-hybridized carbons (Fsp3) is 0.261. The Balaban J connectivity index is 1.52. The highest BCUT2D eigenvalue weighted by atomic mass is 32.2. The zero-order valence-electron chi connectivity index (χ0n) is 17.2. The van der Waals surface area contributed by atoms with Crippen LogP contribution in [0.2, 0.25) is 0 Å². The van der Waals surface area contributed by atoms with Gasteiger partial charge in [-0.05, 0) is 48.6 Å². The molecule has 2 heterocycles. The first kappa shape index (κ1) is 21.1. The van der Waals surface area contributed by atoms with Crippen LogP contribution in [0.5, 0.6) is 0 Å². The molecule has 0 saturated carbocycles. The predicted molar refractivity (Wildman–Crippen MR) is 118 cm³/mol. The number of nitrogens with zero attached hydrogens (tertiary/aromatic N) is 2. The largest absolute Gasteiger partial charge is 0.350 e. The van der Waals surface area contributed by atoms with Crippen LogP contribution in [0.25, 0.3) is 0 Å². The molecule has 0 spiro atoms. The molecule has 0 bridgehead atoms. The number of thioether (sulfide) groups is 1. The summed E-state index contributed by atoms with van der Waals surface area (Å²) in [6.07, 6.45) is 1.77. The summed E-state index contributed by atoms with van der Waals surface area (Å²) in [5.41, 5.74) is 2.72. The molecular formula is C23H22FN3O3S. The third kappa shape index (κ3) is 4.20. The smallest absolute Gasteiger partial charge is 0.332 e. The van der Waals surface area contributed by atoms with Gasteiger partial charge in [-0.3, -0.25) is 9.59 Å². The molecule has 1 N–H and O–H groups in total. The monoisotopic (exact) mass is 439 g/mol. The number of aryl methyl sites for hydroxylation is 2. The molecule has 31 heavy (non-hydrogen) atoms. The Bertz CT molecular complexity index is 1070. The summed E-state index contributed by atoms with van der Waals surface area (Å²) in [6.45, 7) is 3.73. The third-order valence-electron chi connectivity index (χ3n) is 5.40. The number of halogens is 1. The second-order valence-electron chi connectivity index (χ2n) is 7.66. The number of rotatable bonds is 5. The summed E-state index contributed by atoms with van der Waals surface area (Å²) >= 11 is 1.31. The van der Waals surface area contributed by atoms with E-state index in [4.69, 9.17) is 0 Å². The Morgan fingerprint density at radius 1 is 1.13 bits per heavy atom. The van der Waals surface area contributed by atoms with Gasteiger partial charge >= 0.3 is 6.03 Å². The Morgan fingerprint density at radius 2 is 1.87 bits per heavy atom. The number of carbonyl (C=O) groups excluding carboxylic acids is 3. The van der Waals surface area contributed by atoms with Gasteiger partial charge in [-0.25, -0.2) is 14.1 Å². The number of imide groups is 1. The highest BCUT2D eigenvalue weighted by Gasteiger charge is 2.48. The van der Waals surface area contributed by atoms with E-state index in [1.165, 1.54) is 34.9 Å². The standard InChI is InChI=1S/C23H22FN3O3S/c1-14-3-5-16(6-4-14)12-25-20(28)13-26-19-9-10-31-21(19)22(29)27(23(26)30)17-7-8-18(24)15(2)11-17/h3-11,19,21H,12-13H2,1-2H3,(H,25,28). The molecule has 2 aliphatic heterocycles. The number of carbonyl (C=O) groups is 3. The SMILES string of the molecule is Cc1ccc(CNC(=O)CN2C(=O)N(c3ccc(F)c(C)c3)C(=O)C3SC=CC32)cc1. The van der Waals surface area contributed by atoms with Crippen LogP contribution in [0, 0.1) is 19.7 Å². The molecule has 2 aliphatic rings. The van der Waals surface area contributed by atoms with Crippen LogP contribution < -0.4 is 10.2 Å². The van der Waals surface area contributed by atoms with Gasteiger partial charge in [0.05, 0.1) is 11.7 Å². The van der Waals surface area contributed by atoms with Crippen molar-refractivity contribution < 1.29 is 18.8 Å². The second-order valence-corrected chi connectivity index (χ2v) is 8.71. The average Bonchev–Trinajstić information content (AvgIpc) is 3.23. The van der Waals surface area contributed by atoms with Crippen LogP contribution in [0.3, 0.4) is 0 Å². The first-order valence-electron chi connectivity index (χ1n) is 9.90. The van der Waals surface area contributed by atoms with Gasteiger partial charge in [-0.2, -0.15) is 0 Å². The summed E-state index contributed by atoms with van der Waals surface area (Å²) in [6, 6.07) is 10.8. The number of anilines is 1. The molecule has 6 nitrogen and oxygen atoms in total. The van der Waals surface area contributed by atoms with Gasteiger partial charge in [0, 0.05) is 6.54 Å². The highest BCUT2D eigenvalue weighted by molar-refractivity contribution is 8.03. The van der Waals surface area contributed by atoms with E-state index in [2.05, 4.69) is 5.32 Å². The minimum atomic E-state index is -0.588. The van der Waals surface area contributed by atoms with E-state index in [1.807, 2.05) is 31.2 Å². The van der Waals surface area contributed by atoms with E-state index in [1.54, 1.807) is 18.4 Å². The molecule has 8 heteroatoms. The predicted octanol–water partition coefficient (Wildman–Crippen LogP) is 3.53. The Kier molecular flexibility index (Phi) is 5.82. The maximum atomic E-state index is 13.7. The van der Waals surface area contributed by atoms with Crippen molar-refractivity contribution in [1.82, 2.24) is 10.2 Å². The first-order valence-corrected chi connectivity index (χ1v) is 10.8. The maximum Gasteiger partial charge on any atom is 0.332 e. The van der Waals surface area contributed by atoms with E-state index >= 15 is 0 Å². The number of nitrogens with one attached hydrogen (secondary N) is 1. The maximum absolute atomic E-state index is 13.7. The van der Waals surface area contributed by atoms with Gasteiger partial charge in [0.1, 0.15) is 17.6 Å². The van der Waals surface area contributed by atoms with E-state index < -0.39 is 23.1 Å². The van der Waals surface area contributed by atoms with Gasteiger partial charge in [-0.1, -0.05) is 35.9 Å². The molecule has 4 rings (SSSR count). The number of fused-ring (bicyclic) bond motifs is 1. The third-order valence-corrected chi connectivity index (χ3v) is 6.48. The summed E-state index contributed by atoms with van der Waals surface area (Å²) in [7, 11) is 0. The Hall–Kier alpha value is -3.13. The molecule has 0 aliphatic carbocycles. The minimum Gasteiger partial charge on any atom is -0.350 e. The normalized spacial score (nSPS) is 20.2. The first-order chi connectivity index (χ1) is 14.8. The molecule has 0 radical (unpaired) electrons. The topological polar surface area (TPSA) is 69.7 Å². The van der Waals surface area contributed by atoms with E-state index in [0.29, 0.717) is 17.8 Å². The molecule has 0 aromatic heterocycles. The van der Waals surface area contributed by atoms with Gasteiger partial charge in [0.25, 0.3) is 5.91 Å². The lowest BCUT2D eigenvalue weighted by Crippen LogP contribution is -2.63. The van der Waals surface area contributed by atoms with Crippen molar-refractivity contribution in [3.05, 3.63) is 76.5 Å². The average molecular weight is 440 g/mol. The number of benzene rings is 2. The summed E-state index contributed by atoms with van der Waals surface area (Å²) in [4.78, 5) is 41.3. The molecule has 1 fully saturated rings. The van der Waals surface area contributed by atoms with Crippen LogP contribution in [0.1, 0.15) is 16.7 Å². The van der Waals surface area contributed by atoms with Crippen molar-refractivity contribution in [2.75, 3.05) is 11.4 Å². The lowest BCUT2D eigenvalue weighted by atomic mass is 10.1. The number of hydrogen-bond acceptors (Lipinski definition) is 4. The van der Waals surface area contributed by atoms with Crippen molar-refractivity contribution in [1.29, 1.82) is 0 Å². The molecule has 4 amide bonds. The molecule has 2 aromatic rings. The molecule has 2 unspecified atom stereocenters. The second kappa shape index (κ2) is 8.55.